The molecule has 0 aromatic carbocycles. The van der Waals surface area contributed by atoms with E-state index in [1.165, 1.54) is 0 Å². The third-order valence-electron chi connectivity index (χ3n) is 1.79. The van der Waals surface area contributed by atoms with Gasteiger partial charge in [0.15, 0.2) is 0 Å². The van der Waals surface area contributed by atoms with Crippen molar-refractivity contribution >= 4 is 11.3 Å². The molecule has 0 aliphatic heterocycles. The van der Waals surface area contributed by atoms with Crippen molar-refractivity contribution in [3.63, 3.8) is 0 Å². The van der Waals surface area contributed by atoms with E-state index in [0.717, 1.165) is 4.88 Å². The van der Waals surface area contributed by atoms with Gasteiger partial charge in [-0.25, -0.2) is 0 Å². The van der Waals surface area contributed by atoms with Crippen LogP contribution in [0.3, 0.4) is 0 Å². The van der Waals surface area contributed by atoms with Gasteiger partial charge in [-0.15, -0.1) is 24.5 Å². The zero-order chi connectivity index (χ0) is 11.3. The molecule has 1 heterocycles. The van der Waals surface area contributed by atoms with Gasteiger partial charge in [0, 0.05) is 17.5 Å². The monoisotopic (exact) mass is 239 g/mol. The van der Waals surface area contributed by atoms with Crippen LogP contribution in [0.4, 0.5) is 13.2 Å². The maximum Gasteiger partial charge on any atom is 0.522 e. The van der Waals surface area contributed by atoms with Crippen LogP contribution in [0.1, 0.15) is 17.8 Å². The zero-order valence-electron chi connectivity index (χ0n) is 8.17. The van der Waals surface area contributed by atoms with Crippen molar-refractivity contribution in [3.8, 4) is 0 Å². The second-order valence-corrected chi connectivity index (χ2v) is 3.96. The number of halogens is 3. The smallest absolute Gasteiger partial charge is 0.307 e. The molecule has 0 bridgehead atoms. The normalized spacial score (nSPS) is 14.1. The molecule has 0 amide bonds. The number of thiophene rings is 1. The molecule has 86 valence electrons. The minimum absolute atomic E-state index is 0.0573. The molecule has 1 aromatic heterocycles. The lowest BCUT2D eigenvalue weighted by atomic mass is 10.3. The summed E-state index contributed by atoms with van der Waals surface area (Å²) in [7, 11) is 0. The Bertz CT molecular complexity index is 273. The third-order valence-corrected chi connectivity index (χ3v) is 2.84. The van der Waals surface area contributed by atoms with Crippen LogP contribution in [0.15, 0.2) is 17.5 Å². The first-order chi connectivity index (χ1) is 6.99. The quantitative estimate of drug-likeness (QED) is 0.798. The van der Waals surface area contributed by atoms with Crippen LogP contribution in [-0.2, 0) is 4.74 Å². The van der Waals surface area contributed by atoms with Gasteiger partial charge in [0.25, 0.3) is 0 Å². The second-order valence-electron chi connectivity index (χ2n) is 2.99. The van der Waals surface area contributed by atoms with E-state index in [0.29, 0.717) is 0 Å². The van der Waals surface area contributed by atoms with Gasteiger partial charge in [0.2, 0.25) is 0 Å². The Kier molecular flexibility index (Phi) is 4.56. The Hall–Kier alpha value is -0.590. The third kappa shape index (κ3) is 5.15. The molecule has 0 fully saturated rings. The molecule has 1 rings (SSSR count). The Labute approximate surface area is 90.1 Å². The summed E-state index contributed by atoms with van der Waals surface area (Å²) in [5.41, 5.74) is 0. The van der Waals surface area contributed by atoms with Crippen LogP contribution >= 0.6 is 11.3 Å². The van der Waals surface area contributed by atoms with Gasteiger partial charge in [0.05, 0.1) is 6.61 Å². The van der Waals surface area contributed by atoms with E-state index in [2.05, 4.69) is 10.1 Å². The van der Waals surface area contributed by atoms with Crippen LogP contribution in [-0.4, -0.2) is 19.5 Å². The van der Waals surface area contributed by atoms with Crippen molar-refractivity contribution in [2.45, 2.75) is 19.3 Å². The van der Waals surface area contributed by atoms with Gasteiger partial charge in [0.1, 0.15) is 0 Å². The molecule has 0 spiro atoms. The average molecular weight is 239 g/mol. The summed E-state index contributed by atoms with van der Waals surface area (Å²) in [6.45, 7) is 1.72. The number of hydrogen-bond donors (Lipinski definition) is 1. The highest BCUT2D eigenvalue weighted by Crippen LogP contribution is 2.18. The fourth-order valence-corrected chi connectivity index (χ4v) is 1.84. The molecule has 1 unspecified atom stereocenters. The molecular weight excluding hydrogens is 227 g/mol. The van der Waals surface area contributed by atoms with Crippen LogP contribution in [0.2, 0.25) is 0 Å². The minimum atomic E-state index is -4.53. The molecule has 0 radical (unpaired) electrons. The summed E-state index contributed by atoms with van der Waals surface area (Å²) in [5, 5.41) is 4.87. The molecule has 2 nitrogen and oxygen atoms in total. The molecule has 1 atom stereocenters. The standard InChI is InChI=1S/C9H12F3NOS/c1-7(8-3-2-6-15-8)13-4-5-14-9(10,11)12/h2-3,6-7,13H,4-5H2,1H3. The highest BCUT2D eigenvalue weighted by molar-refractivity contribution is 7.10. The Balaban J connectivity index is 2.16. The van der Waals surface area contributed by atoms with Crippen LogP contribution in [0.25, 0.3) is 0 Å². The highest BCUT2D eigenvalue weighted by Gasteiger charge is 2.28. The van der Waals surface area contributed by atoms with Gasteiger partial charge in [-0.3, -0.25) is 4.74 Å². The van der Waals surface area contributed by atoms with E-state index in [1.807, 2.05) is 24.4 Å². The lowest BCUT2D eigenvalue weighted by Gasteiger charge is -2.12. The predicted molar refractivity (Wildman–Crippen MR) is 52.7 cm³/mol. The van der Waals surface area contributed by atoms with E-state index in [4.69, 9.17) is 0 Å². The molecule has 0 saturated carbocycles. The molecule has 0 aliphatic carbocycles. The number of hydrogen-bond acceptors (Lipinski definition) is 3. The van der Waals surface area contributed by atoms with E-state index in [1.54, 1.807) is 11.3 Å². The topological polar surface area (TPSA) is 21.3 Å². The van der Waals surface area contributed by atoms with Crippen LogP contribution in [0, 0.1) is 0 Å². The van der Waals surface area contributed by atoms with E-state index < -0.39 is 6.36 Å². The number of alkyl halides is 3. The Morgan fingerprint density at radius 3 is 2.80 bits per heavy atom. The first-order valence-corrected chi connectivity index (χ1v) is 5.34. The molecule has 0 aliphatic rings. The number of rotatable bonds is 5. The van der Waals surface area contributed by atoms with Gasteiger partial charge < -0.3 is 5.32 Å². The Morgan fingerprint density at radius 2 is 2.27 bits per heavy atom. The van der Waals surface area contributed by atoms with Gasteiger partial charge >= 0.3 is 6.36 Å². The van der Waals surface area contributed by atoms with Crippen molar-refractivity contribution in [1.29, 1.82) is 0 Å². The zero-order valence-corrected chi connectivity index (χ0v) is 8.99. The molecule has 1 aromatic rings. The lowest BCUT2D eigenvalue weighted by Crippen LogP contribution is -2.26. The molecule has 6 heteroatoms. The first-order valence-electron chi connectivity index (χ1n) is 4.46. The van der Waals surface area contributed by atoms with Crippen molar-refractivity contribution in [2.75, 3.05) is 13.2 Å². The molecule has 15 heavy (non-hydrogen) atoms. The first kappa shape index (κ1) is 12.5. The summed E-state index contributed by atoms with van der Waals surface area (Å²) in [5.74, 6) is 0. The Morgan fingerprint density at radius 1 is 1.53 bits per heavy atom. The lowest BCUT2D eigenvalue weighted by molar-refractivity contribution is -0.323. The van der Waals surface area contributed by atoms with Crippen molar-refractivity contribution in [2.24, 2.45) is 0 Å². The van der Waals surface area contributed by atoms with E-state index in [-0.39, 0.29) is 19.2 Å². The maximum absolute atomic E-state index is 11.6. The molecular formula is C9H12F3NOS. The summed E-state index contributed by atoms with van der Waals surface area (Å²) in [6.07, 6.45) is -4.53. The maximum atomic E-state index is 11.6. The van der Waals surface area contributed by atoms with Crippen molar-refractivity contribution in [1.82, 2.24) is 5.32 Å². The minimum Gasteiger partial charge on any atom is -0.307 e. The summed E-state index contributed by atoms with van der Waals surface area (Å²) in [6, 6.07) is 3.90. The predicted octanol–water partition coefficient (Wildman–Crippen LogP) is 2.94. The van der Waals surface area contributed by atoms with E-state index in [9.17, 15) is 13.2 Å². The van der Waals surface area contributed by atoms with Gasteiger partial charge in [-0.1, -0.05) is 6.07 Å². The fourth-order valence-electron chi connectivity index (χ4n) is 1.08. The number of nitrogens with one attached hydrogen (secondary N) is 1. The highest BCUT2D eigenvalue weighted by atomic mass is 32.1. The fraction of sp³-hybridized carbons (Fsp3) is 0.556. The average Bonchev–Trinajstić information content (AvgIpc) is 2.63. The van der Waals surface area contributed by atoms with E-state index >= 15 is 0 Å². The SMILES string of the molecule is CC(NCCOC(F)(F)F)c1cccs1. The number of ether oxygens (including phenoxy) is 1. The van der Waals surface area contributed by atoms with Crippen molar-refractivity contribution < 1.29 is 17.9 Å². The summed E-state index contributed by atoms with van der Waals surface area (Å²) >= 11 is 1.57. The van der Waals surface area contributed by atoms with Gasteiger partial charge in [-0.2, -0.15) is 0 Å². The summed E-state index contributed by atoms with van der Waals surface area (Å²) in [4.78, 5) is 1.10. The molecule has 1 N–H and O–H groups in total. The largest absolute Gasteiger partial charge is 0.522 e. The molecule has 0 saturated heterocycles. The van der Waals surface area contributed by atoms with Crippen molar-refractivity contribution in [3.05, 3.63) is 22.4 Å². The van der Waals surface area contributed by atoms with Crippen LogP contribution < -0.4 is 5.32 Å². The van der Waals surface area contributed by atoms with Gasteiger partial charge in [-0.05, 0) is 18.4 Å². The second kappa shape index (κ2) is 5.48. The van der Waals surface area contributed by atoms with Crippen LogP contribution in [0.5, 0.6) is 0 Å². The summed E-state index contributed by atoms with van der Waals surface area (Å²) < 4.78 is 38.5.